The van der Waals surface area contributed by atoms with E-state index in [0.29, 0.717) is 63.4 Å². The summed E-state index contributed by atoms with van der Waals surface area (Å²) in [6.07, 6.45) is 4.13. The molecular formula is C32H45NO8S. The van der Waals surface area contributed by atoms with Gasteiger partial charge in [-0.25, -0.2) is 13.1 Å². The van der Waals surface area contributed by atoms with Crippen LogP contribution < -0.4 is 4.72 Å². The fraction of sp³-hybridized carbons (Fsp3) is 0.844. The van der Waals surface area contributed by atoms with Gasteiger partial charge in [-0.05, 0) is 68.6 Å². The summed E-state index contributed by atoms with van der Waals surface area (Å²) in [5.41, 5.74) is -3.81. The highest BCUT2D eigenvalue weighted by Gasteiger charge is 2.96. The van der Waals surface area contributed by atoms with Crippen LogP contribution in [0.3, 0.4) is 0 Å². The van der Waals surface area contributed by atoms with Gasteiger partial charge in [0.15, 0.2) is 11.6 Å². The molecule has 8 rings (SSSR count). The van der Waals surface area contributed by atoms with Gasteiger partial charge in [-0.2, -0.15) is 0 Å². The fourth-order valence-corrected chi connectivity index (χ4v) is 13.2. The first-order valence-electron chi connectivity index (χ1n) is 16.0. The zero-order chi connectivity index (χ0) is 30.3. The van der Waals surface area contributed by atoms with Gasteiger partial charge >= 0.3 is 0 Å². The Balaban J connectivity index is 1.20. The summed E-state index contributed by atoms with van der Waals surface area (Å²) in [7, 11) is -3.38. The van der Waals surface area contributed by atoms with E-state index < -0.39 is 73.0 Å². The van der Waals surface area contributed by atoms with Crippen LogP contribution in [0.1, 0.15) is 85.0 Å². The number of ether oxygens (including phenoxy) is 1. The standard InChI is InChI=1S/C32H45NO8S/c1-5-6-15-42(39,40)33-19-9-7-18(8-10-19)25(35)30-17(2)20-11-12-21-29-16-41-32(38,31(21,23(20)30)27(30)37)26(36)24(29)28(3,4)14-13-22(29)34/h18-21,23-24,26,33,36,38H,2,5-16H2,1,3-4H3. The van der Waals surface area contributed by atoms with Crippen LogP contribution in [0.25, 0.3) is 0 Å². The van der Waals surface area contributed by atoms with Crippen molar-refractivity contribution in [2.24, 2.45) is 51.2 Å². The molecule has 2 spiro atoms. The molecule has 8 aliphatic rings. The van der Waals surface area contributed by atoms with Crippen LogP contribution in [0.2, 0.25) is 0 Å². The van der Waals surface area contributed by atoms with E-state index in [9.17, 15) is 33.0 Å². The monoisotopic (exact) mass is 603 g/mol. The molecule has 2 aliphatic heterocycles. The van der Waals surface area contributed by atoms with Crippen molar-refractivity contribution in [2.75, 3.05) is 12.4 Å². The summed E-state index contributed by atoms with van der Waals surface area (Å²) in [5, 5.41) is 24.2. The summed E-state index contributed by atoms with van der Waals surface area (Å²) in [6.45, 7) is 10.3. The van der Waals surface area contributed by atoms with Gasteiger partial charge < -0.3 is 14.9 Å². The number of allylic oxidation sites excluding steroid dienone is 1. The van der Waals surface area contributed by atoms with Gasteiger partial charge in [-0.15, -0.1) is 0 Å². The lowest BCUT2D eigenvalue weighted by molar-refractivity contribution is -0.460. The molecule has 0 radical (unpaired) electrons. The number of rotatable bonds is 7. The number of aliphatic hydroxyl groups is 2. The number of nitrogens with one attached hydrogen (secondary N) is 1. The van der Waals surface area contributed by atoms with Gasteiger partial charge in [-0.1, -0.05) is 39.3 Å². The van der Waals surface area contributed by atoms with Gasteiger partial charge in [0.25, 0.3) is 0 Å². The van der Waals surface area contributed by atoms with Crippen LogP contribution in [0.5, 0.6) is 0 Å². The summed E-state index contributed by atoms with van der Waals surface area (Å²) < 4.78 is 33.8. The molecule has 6 aliphatic carbocycles. The molecule has 9 unspecified atom stereocenters. The van der Waals surface area contributed by atoms with Gasteiger partial charge in [0.2, 0.25) is 15.8 Å². The molecule has 9 nitrogen and oxygen atoms in total. The van der Waals surface area contributed by atoms with Crippen molar-refractivity contribution in [3.05, 3.63) is 12.2 Å². The Bertz CT molecular complexity index is 1380. The predicted molar refractivity (Wildman–Crippen MR) is 152 cm³/mol. The second-order valence-corrected chi connectivity index (χ2v) is 17.2. The van der Waals surface area contributed by atoms with Crippen molar-refractivity contribution in [3.8, 4) is 0 Å². The molecule has 2 heterocycles. The summed E-state index contributed by atoms with van der Waals surface area (Å²) >= 11 is 0. The van der Waals surface area contributed by atoms with E-state index in [-0.39, 0.29) is 35.9 Å². The first-order chi connectivity index (χ1) is 19.7. The second kappa shape index (κ2) is 8.83. The number of ketones is 3. The lowest BCUT2D eigenvalue weighted by Gasteiger charge is -2.84. The van der Waals surface area contributed by atoms with Crippen LogP contribution in [0.15, 0.2) is 12.2 Å². The van der Waals surface area contributed by atoms with Crippen molar-refractivity contribution in [1.82, 2.24) is 4.72 Å². The molecule has 0 aromatic heterocycles. The van der Waals surface area contributed by atoms with Gasteiger partial charge in [-0.3, -0.25) is 14.4 Å². The zero-order valence-corrected chi connectivity index (χ0v) is 25.8. The van der Waals surface area contributed by atoms with Crippen LogP contribution in [-0.4, -0.2) is 66.3 Å². The number of Topliss-reactive ketones (excluding diaryl/α,β-unsaturated/α-hetero) is 3. The Hall–Kier alpha value is -1.46. The maximum atomic E-state index is 14.8. The predicted octanol–water partition coefficient (Wildman–Crippen LogP) is 2.69. The molecule has 8 fully saturated rings. The number of carbonyl (C=O) groups is 3. The van der Waals surface area contributed by atoms with Gasteiger partial charge in [0.1, 0.15) is 17.3 Å². The largest absolute Gasteiger partial charge is 0.387 e. The maximum absolute atomic E-state index is 14.8. The van der Waals surface area contributed by atoms with Crippen LogP contribution in [0, 0.1) is 51.2 Å². The van der Waals surface area contributed by atoms with Crippen LogP contribution >= 0.6 is 0 Å². The number of unbranched alkanes of at least 4 members (excludes halogenated alkanes) is 1. The third kappa shape index (κ3) is 3.05. The number of carbonyl (C=O) groups excluding carboxylic acids is 3. The normalized spacial score (nSPS) is 50.2. The molecule has 10 heteroatoms. The molecule has 2 saturated heterocycles. The molecule has 0 amide bonds. The van der Waals surface area contributed by atoms with E-state index in [4.69, 9.17) is 4.74 Å². The van der Waals surface area contributed by atoms with E-state index in [1.54, 1.807) is 0 Å². The Labute approximate surface area is 248 Å². The molecule has 6 saturated carbocycles. The number of fused-ring (bicyclic) bond motifs is 1. The lowest BCUT2D eigenvalue weighted by Crippen LogP contribution is -2.95. The minimum Gasteiger partial charge on any atom is -0.387 e. The van der Waals surface area contributed by atoms with Crippen LogP contribution in [-0.2, 0) is 29.1 Å². The molecular weight excluding hydrogens is 558 g/mol. The molecule has 0 aromatic carbocycles. The number of aliphatic hydroxyl groups excluding tert-OH is 1. The van der Waals surface area contributed by atoms with Crippen molar-refractivity contribution in [1.29, 1.82) is 0 Å². The average Bonchev–Trinajstić information content (AvgIpc) is 2.94. The Kier molecular flexibility index (Phi) is 6.15. The quantitative estimate of drug-likeness (QED) is 0.297. The van der Waals surface area contributed by atoms with E-state index in [0.717, 1.165) is 6.42 Å². The van der Waals surface area contributed by atoms with Gasteiger partial charge in [0.05, 0.1) is 23.2 Å². The number of hydrogen-bond acceptors (Lipinski definition) is 8. The Morgan fingerprint density at radius 3 is 2.45 bits per heavy atom. The Morgan fingerprint density at radius 2 is 1.79 bits per heavy atom. The zero-order valence-electron chi connectivity index (χ0n) is 25.0. The van der Waals surface area contributed by atoms with E-state index >= 15 is 0 Å². The molecule has 0 aromatic rings. The fourth-order valence-electron chi connectivity index (χ4n) is 11.7. The van der Waals surface area contributed by atoms with E-state index in [1.165, 1.54) is 0 Å². The first kappa shape index (κ1) is 29.3. The van der Waals surface area contributed by atoms with Gasteiger partial charge in [0, 0.05) is 30.2 Å². The molecule has 3 N–H and O–H groups in total. The molecule has 232 valence electrons. The molecule has 9 atom stereocenters. The highest BCUT2D eigenvalue weighted by atomic mass is 32.2. The summed E-state index contributed by atoms with van der Waals surface area (Å²) in [4.78, 5) is 43.1. The third-order valence-corrected chi connectivity index (χ3v) is 14.9. The highest BCUT2D eigenvalue weighted by Crippen LogP contribution is 2.87. The number of hydrogen-bond donors (Lipinski definition) is 3. The van der Waals surface area contributed by atoms with Crippen LogP contribution in [0.4, 0.5) is 0 Å². The summed E-state index contributed by atoms with van der Waals surface area (Å²) in [6, 6.07) is -0.233. The molecule has 42 heavy (non-hydrogen) atoms. The maximum Gasteiger partial charge on any atom is 0.211 e. The third-order valence-electron chi connectivity index (χ3n) is 13.3. The summed E-state index contributed by atoms with van der Waals surface area (Å²) in [5.74, 6) is -4.77. The van der Waals surface area contributed by atoms with E-state index in [1.807, 2.05) is 20.8 Å². The minimum atomic E-state index is -3.38. The smallest absolute Gasteiger partial charge is 0.211 e. The van der Waals surface area contributed by atoms with Crippen molar-refractivity contribution in [3.63, 3.8) is 0 Å². The average molecular weight is 604 g/mol. The second-order valence-electron chi connectivity index (χ2n) is 15.3. The minimum absolute atomic E-state index is 0.00457. The SMILES string of the molecule is C=C1C2CCC3C45COC(O)(C(O)C4C(C)(C)CCC5=O)C34C(=O)C1(C(=O)C1CCC(NS(=O)(=O)CCCC)CC1)C24. The van der Waals surface area contributed by atoms with Crippen molar-refractivity contribution in [2.45, 2.75) is 103 Å². The topological polar surface area (TPSA) is 147 Å². The number of sulfonamides is 1. The highest BCUT2D eigenvalue weighted by molar-refractivity contribution is 7.89. The van der Waals surface area contributed by atoms with Crippen molar-refractivity contribution < 1.29 is 37.8 Å². The lowest BCUT2D eigenvalue weighted by atomic mass is 9.18. The van der Waals surface area contributed by atoms with E-state index in [2.05, 4.69) is 11.3 Å². The first-order valence-corrected chi connectivity index (χ1v) is 17.7. The van der Waals surface area contributed by atoms with Crippen molar-refractivity contribution >= 4 is 27.4 Å². The molecule has 2 bridgehead atoms. The Morgan fingerprint density at radius 1 is 1.10 bits per heavy atom.